The van der Waals surface area contributed by atoms with Crippen LogP contribution < -0.4 is 0 Å². The predicted molar refractivity (Wildman–Crippen MR) is 50.5 cm³/mol. The second kappa shape index (κ2) is 60.6. The van der Waals surface area contributed by atoms with Gasteiger partial charge in [0.05, 0.1) is 0 Å². The molecule has 1 fully saturated rings. The van der Waals surface area contributed by atoms with Gasteiger partial charge in [-0.1, -0.05) is 6.61 Å². The van der Waals surface area contributed by atoms with Crippen LogP contribution in [0.25, 0.3) is 0 Å². The minimum atomic E-state index is 0. The molecular weight excluding hydrogens is 292 g/mol. The Balaban J connectivity index is -0.0000000337. The Labute approximate surface area is 113 Å². The van der Waals surface area contributed by atoms with Crippen LogP contribution in [0.1, 0.15) is 0 Å². The SMILES string of the molecule is [C-]#[O+].[C-]#[O+].[C-]#[O+].[CH2-]COC.[CH]1[CH][CH][CH][CH]1.[Mo]. The van der Waals surface area contributed by atoms with E-state index < -0.39 is 0 Å². The Morgan fingerprint density at radius 2 is 1.00 bits per heavy atom. The molecular formula is C11H12MoO4-. The van der Waals surface area contributed by atoms with Crippen LogP contribution in [-0.4, -0.2) is 13.7 Å². The second-order valence-corrected chi connectivity index (χ2v) is 1.46. The van der Waals surface area contributed by atoms with Crippen molar-refractivity contribution in [3.05, 3.63) is 59.0 Å². The molecule has 0 spiro atoms. The summed E-state index contributed by atoms with van der Waals surface area (Å²) in [5.74, 6) is 0. The maximum absolute atomic E-state index is 7.50. The van der Waals surface area contributed by atoms with Gasteiger partial charge in [-0.25, -0.2) is 0 Å². The third-order valence-corrected chi connectivity index (χ3v) is 0.760. The zero-order chi connectivity index (χ0) is 12.9. The summed E-state index contributed by atoms with van der Waals surface area (Å²) in [5.41, 5.74) is 0. The summed E-state index contributed by atoms with van der Waals surface area (Å²) in [6.07, 6.45) is 10.0. The monoisotopic (exact) mass is 306 g/mol. The molecule has 0 atom stereocenters. The molecule has 1 aliphatic rings. The minimum Gasteiger partial charge on any atom is -0.417 e. The Hall–Kier alpha value is -0.132. The molecule has 1 rings (SSSR count). The second-order valence-electron chi connectivity index (χ2n) is 1.46. The van der Waals surface area contributed by atoms with Crippen LogP contribution in [0, 0.1) is 59.0 Å². The Bertz CT molecular complexity index is 104. The van der Waals surface area contributed by atoms with Gasteiger partial charge in [-0.05, 0) is 32.1 Å². The maximum Gasteiger partial charge on any atom is 0.0319 e. The van der Waals surface area contributed by atoms with Gasteiger partial charge in [-0.2, -0.15) is 0 Å². The molecule has 0 aromatic carbocycles. The van der Waals surface area contributed by atoms with E-state index in [0.29, 0.717) is 6.61 Å². The Morgan fingerprint density at radius 3 is 1.06 bits per heavy atom. The number of methoxy groups -OCH3 is 1. The number of ether oxygens (including phenoxy) is 1. The van der Waals surface area contributed by atoms with Crippen molar-refractivity contribution in [3.63, 3.8) is 0 Å². The van der Waals surface area contributed by atoms with E-state index in [1.807, 2.05) is 32.1 Å². The summed E-state index contributed by atoms with van der Waals surface area (Å²) in [5, 5.41) is 0. The molecule has 1 aliphatic carbocycles. The zero-order valence-corrected chi connectivity index (χ0v) is 10.8. The molecule has 0 amide bonds. The first-order chi connectivity index (χ1) is 7.41. The van der Waals surface area contributed by atoms with Crippen LogP contribution in [0.4, 0.5) is 0 Å². The standard InChI is InChI=1S/C5H5.C3H7O.3CO.Mo/c1-2-4-5-3-1;1-3-4-2;3*1-2;/h1-5H;1,3H2,2H3;;;;/q;-1;;;;. The maximum atomic E-state index is 7.50. The molecule has 0 N–H and O–H groups in total. The summed E-state index contributed by atoms with van der Waals surface area (Å²) in [6.45, 7) is 17.5. The van der Waals surface area contributed by atoms with Gasteiger partial charge in [0.25, 0.3) is 0 Å². The van der Waals surface area contributed by atoms with E-state index in [0.717, 1.165) is 0 Å². The fourth-order valence-corrected chi connectivity index (χ4v) is 0.321. The van der Waals surface area contributed by atoms with E-state index in [4.69, 9.17) is 14.0 Å². The molecule has 0 bridgehead atoms. The number of hydrogen-bond acceptors (Lipinski definition) is 1. The molecule has 16 heavy (non-hydrogen) atoms. The molecule has 87 valence electrons. The summed E-state index contributed by atoms with van der Waals surface area (Å²) >= 11 is 0. The first-order valence-electron chi connectivity index (χ1n) is 3.48. The summed E-state index contributed by atoms with van der Waals surface area (Å²) in [6, 6.07) is 0. The fourth-order valence-electron chi connectivity index (χ4n) is 0.321. The van der Waals surface area contributed by atoms with Crippen molar-refractivity contribution in [2.45, 2.75) is 0 Å². The van der Waals surface area contributed by atoms with E-state index in [9.17, 15) is 0 Å². The van der Waals surface area contributed by atoms with Gasteiger partial charge in [0.15, 0.2) is 0 Å². The van der Waals surface area contributed by atoms with Crippen molar-refractivity contribution in [2.24, 2.45) is 0 Å². The van der Waals surface area contributed by atoms with E-state index in [1.165, 1.54) is 0 Å². The van der Waals surface area contributed by atoms with Crippen LogP contribution >= 0.6 is 0 Å². The minimum absolute atomic E-state index is 0. The third kappa shape index (κ3) is 66.7. The van der Waals surface area contributed by atoms with Crippen molar-refractivity contribution in [2.75, 3.05) is 13.7 Å². The average molecular weight is 304 g/mol. The van der Waals surface area contributed by atoms with Crippen molar-refractivity contribution < 1.29 is 39.8 Å². The van der Waals surface area contributed by atoms with Crippen LogP contribution in [-0.2, 0) is 39.8 Å². The smallest absolute Gasteiger partial charge is 0.0319 e. The molecule has 0 unspecified atom stereocenters. The van der Waals surface area contributed by atoms with Crippen LogP contribution in [0.5, 0.6) is 0 Å². The molecule has 0 aromatic heterocycles. The predicted octanol–water partition coefficient (Wildman–Crippen LogP) is 1.37. The van der Waals surface area contributed by atoms with Crippen molar-refractivity contribution >= 4 is 0 Å². The van der Waals surface area contributed by atoms with Crippen molar-refractivity contribution in [1.82, 2.24) is 0 Å². The zero-order valence-electron chi connectivity index (χ0n) is 8.84. The average Bonchev–Trinajstić information content (AvgIpc) is 2.95. The first kappa shape index (κ1) is 29.7. The third-order valence-electron chi connectivity index (χ3n) is 0.760. The molecule has 5 radical (unpaired) electrons. The van der Waals surface area contributed by atoms with Crippen molar-refractivity contribution in [1.29, 1.82) is 0 Å². The molecule has 0 heterocycles. The van der Waals surface area contributed by atoms with E-state index >= 15 is 0 Å². The summed E-state index contributed by atoms with van der Waals surface area (Å²) < 4.78 is 26.9. The number of rotatable bonds is 1. The van der Waals surface area contributed by atoms with Gasteiger partial charge in [-0.3, -0.25) is 0 Å². The van der Waals surface area contributed by atoms with Crippen LogP contribution in [0.15, 0.2) is 0 Å². The van der Waals surface area contributed by atoms with Gasteiger partial charge >= 0.3 is 33.9 Å². The molecule has 4 nitrogen and oxygen atoms in total. The Morgan fingerprint density at radius 1 is 0.875 bits per heavy atom. The normalized spacial score (nSPS) is 9.75. The van der Waals surface area contributed by atoms with Crippen LogP contribution in [0.3, 0.4) is 0 Å². The van der Waals surface area contributed by atoms with Gasteiger partial charge in [0, 0.05) is 28.2 Å². The molecule has 5 heteroatoms. The Kier molecular flexibility index (Phi) is 113. The molecule has 0 saturated heterocycles. The first-order valence-corrected chi connectivity index (χ1v) is 3.48. The van der Waals surface area contributed by atoms with E-state index in [2.05, 4.69) is 31.6 Å². The summed E-state index contributed by atoms with van der Waals surface area (Å²) in [7, 11) is 1.62. The molecule has 1 saturated carbocycles. The van der Waals surface area contributed by atoms with E-state index in [1.54, 1.807) is 7.11 Å². The number of hydrogen-bond donors (Lipinski definition) is 0. The van der Waals surface area contributed by atoms with Gasteiger partial charge in [0.1, 0.15) is 0 Å². The summed E-state index contributed by atoms with van der Waals surface area (Å²) in [4.78, 5) is 0. The molecule has 0 aliphatic heterocycles. The van der Waals surface area contributed by atoms with Crippen molar-refractivity contribution in [3.8, 4) is 0 Å². The topological polar surface area (TPSA) is 68.9 Å². The van der Waals surface area contributed by atoms with Gasteiger partial charge in [0.2, 0.25) is 0 Å². The molecule has 0 aromatic rings. The van der Waals surface area contributed by atoms with E-state index in [-0.39, 0.29) is 21.1 Å². The largest absolute Gasteiger partial charge is 0.417 e. The van der Waals surface area contributed by atoms with Gasteiger partial charge < -0.3 is 11.7 Å². The van der Waals surface area contributed by atoms with Crippen LogP contribution in [0.2, 0.25) is 0 Å². The quantitative estimate of drug-likeness (QED) is 0.410. The van der Waals surface area contributed by atoms with Gasteiger partial charge in [-0.15, -0.1) is 0 Å². The fraction of sp³-hybridized carbons (Fsp3) is 0.182.